The van der Waals surface area contributed by atoms with Gasteiger partial charge in [0.15, 0.2) is 0 Å². The monoisotopic (exact) mass is 246 g/mol. The number of benzene rings is 1. The minimum atomic E-state index is -0.477. The van der Waals surface area contributed by atoms with Crippen LogP contribution in [0.3, 0.4) is 0 Å². The molecule has 0 radical (unpaired) electrons. The van der Waals surface area contributed by atoms with Gasteiger partial charge in [-0.1, -0.05) is 12.1 Å². The summed E-state index contributed by atoms with van der Waals surface area (Å²) in [6.45, 7) is 0. The fraction of sp³-hybridized carbons (Fsp3) is 0.357. The fourth-order valence-electron chi connectivity index (χ4n) is 1.95. The summed E-state index contributed by atoms with van der Waals surface area (Å²) in [5, 5.41) is 14.3. The summed E-state index contributed by atoms with van der Waals surface area (Å²) in [4.78, 5) is 0. The Hall–Kier alpha value is -1.81. The van der Waals surface area contributed by atoms with E-state index in [1.54, 1.807) is 13.3 Å². The van der Waals surface area contributed by atoms with E-state index in [1.807, 2.05) is 42.1 Å². The minimum Gasteiger partial charge on any atom is -0.497 e. The van der Waals surface area contributed by atoms with Crippen LogP contribution in [0.1, 0.15) is 23.8 Å². The zero-order valence-corrected chi connectivity index (χ0v) is 10.7. The predicted molar refractivity (Wildman–Crippen MR) is 69.5 cm³/mol. The molecule has 1 aromatic carbocycles. The first kappa shape index (κ1) is 12.6. The maximum atomic E-state index is 10.1. The summed E-state index contributed by atoms with van der Waals surface area (Å²) in [5.41, 5.74) is 2.01. The minimum absolute atomic E-state index is 0.477. The Balaban J connectivity index is 1.99. The Bertz CT molecular complexity index is 508. The van der Waals surface area contributed by atoms with Crippen LogP contribution in [0.5, 0.6) is 5.75 Å². The molecule has 0 spiro atoms. The molecule has 0 saturated carbocycles. The van der Waals surface area contributed by atoms with Crippen LogP contribution in [0.2, 0.25) is 0 Å². The lowest BCUT2D eigenvalue weighted by Gasteiger charge is -2.12. The Morgan fingerprint density at radius 2 is 2.22 bits per heavy atom. The second-order valence-corrected chi connectivity index (χ2v) is 4.28. The Morgan fingerprint density at radius 3 is 2.89 bits per heavy atom. The van der Waals surface area contributed by atoms with Crippen LogP contribution in [0, 0.1) is 0 Å². The second kappa shape index (κ2) is 5.69. The first-order valence-electron chi connectivity index (χ1n) is 5.99. The first-order valence-corrected chi connectivity index (χ1v) is 5.99. The number of aromatic nitrogens is 2. The molecule has 4 heteroatoms. The van der Waals surface area contributed by atoms with Gasteiger partial charge in [-0.05, 0) is 36.6 Å². The normalized spacial score (nSPS) is 12.4. The van der Waals surface area contributed by atoms with E-state index in [1.165, 1.54) is 0 Å². The number of ether oxygens (including phenoxy) is 1. The van der Waals surface area contributed by atoms with E-state index in [2.05, 4.69) is 5.10 Å². The van der Waals surface area contributed by atoms with Gasteiger partial charge in [0.2, 0.25) is 0 Å². The molecule has 1 aromatic heterocycles. The van der Waals surface area contributed by atoms with E-state index in [0.717, 1.165) is 23.4 Å². The highest BCUT2D eigenvalue weighted by Crippen LogP contribution is 2.22. The van der Waals surface area contributed by atoms with E-state index >= 15 is 0 Å². The first-order chi connectivity index (χ1) is 8.70. The van der Waals surface area contributed by atoms with Gasteiger partial charge in [0.25, 0.3) is 0 Å². The third-order valence-electron chi connectivity index (χ3n) is 3.07. The van der Waals surface area contributed by atoms with E-state index in [9.17, 15) is 5.11 Å². The number of hydrogen-bond donors (Lipinski definition) is 1. The van der Waals surface area contributed by atoms with Gasteiger partial charge in [-0.15, -0.1) is 0 Å². The average molecular weight is 246 g/mol. The van der Waals surface area contributed by atoms with Crippen molar-refractivity contribution in [3.05, 3.63) is 47.8 Å². The molecule has 4 nitrogen and oxygen atoms in total. The molecule has 0 saturated heterocycles. The van der Waals surface area contributed by atoms with E-state index in [-0.39, 0.29) is 0 Å². The largest absolute Gasteiger partial charge is 0.497 e. The molecular formula is C14H18N2O2. The van der Waals surface area contributed by atoms with Crippen LogP contribution in [0.15, 0.2) is 36.5 Å². The average Bonchev–Trinajstić information content (AvgIpc) is 2.81. The lowest BCUT2D eigenvalue weighted by atomic mass is 10.0. The predicted octanol–water partition coefficient (Wildman–Crippen LogP) is 2.09. The highest BCUT2D eigenvalue weighted by Gasteiger charge is 2.09. The van der Waals surface area contributed by atoms with Gasteiger partial charge in [-0.25, -0.2) is 0 Å². The van der Waals surface area contributed by atoms with Gasteiger partial charge >= 0.3 is 0 Å². The van der Waals surface area contributed by atoms with Gasteiger partial charge in [0, 0.05) is 18.9 Å². The van der Waals surface area contributed by atoms with Crippen molar-refractivity contribution in [3.8, 4) is 5.75 Å². The van der Waals surface area contributed by atoms with Crippen LogP contribution < -0.4 is 4.74 Å². The van der Waals surface area contributed by atoms with Crippen molar-refractivity contribution in [2.24, 2.45) is 7.05 Å². The molecule has 2 rings (SSSR count). The van der Waals surface area contributed by atoms with Crippen LogP contribution in [-0.4, -0.2) is 22.0 Å². The van der Waals surface area contributed by atoms with Crippen molar-refractivity contribution in [1.82, 2.24) is 9.78 Å². The molecular weight excluding hydrogens is 228 g/mol. The summed E-state index contributed by atoms with van der Waals surface area (Å²) in [5.74, 6) is 0.770. The molecule has 1 unspecified atom stereocenters. The Kier molecular flexibility index (Phi) is 3.99. The maximum Gasteiger partial charge on any atom is 0.119 e. The van der Waals surface area contributed by atoms with E-state index in [4.69, 9.17) is 4.74 Å². The Labute approximate surface area is 107 Å². The summed E-state index contributed by atoms with van der Waals surface area (Å²) >= 11 is 0. The number of methoxy groups -OCH3 is 1. The molecule has 1 heterocycles. The number of nitrogens with zero attached hydrogens (tertiary/aromatic N) is 2. The Morgan fingerprint density at radius 1 is 1.39 bits per heavy atom. The maximum absolute atomic E-state index is 10.1. The molecule has 0 aliphatic heterocycles. The standard InChI is InChI=1S/C14H18N2O2/c1-16-12(8-9-15-16)6-7-14(17)11-4-3-5-13(10-11)18-2/h3-5,8-10,14,17H,6-7H2,1-2H3. The molecule has 0 fully saturated rings. The molecule has 0 aliphatic rings. The van der Waals surface area contributed by atoms with Crippen LogP contribution in [0.4, 0.5) is 0 Å². The van der Waals surface area contributed by atoms with Crippen molar-refractivity contribution >= 4 is 0 Å². The fourth-order valence-corrected chi connectivity index (χ4v) is 1.95. The summed E-state index contributed by atoms with van der Waals surface area (Å²) < 4.78 is 6.98. The number of rotatable bonds is 5. The highest BCUT2D eigenvalue weighted by molar-refractivity contribution is 5.29. The van der Waals surface area contributed by atoms with Gasteiger partial charge in [-0.3, -0.25) is 4.68 Å². The van der Waals surface area contributed by atoms with Crippen molar-refractivity contribution in [1.29, 1.82) is 0 Å². The molecule has 1 atom stereocenters. The SMILES string of the molecule is COc1cccc(C(O)CCc2ccnn2C)c1. The van der Waals surface area contributed by atoms with Crippen molar-refractivity contribution in [3.63, 3.8) is 0 Å². The third kappa shape index (κ3) is 2.90. The molecule has 1 N–H and O–H groups in total. The number of aryl methyl sites for hydroxylation is 2. The lowest BCUT2D eigenvalue weighted by molar-refractivity contribution is 0.166. The smallest absolute Gasteiger partial charge is 0.119 e. The van der Waals surface area contributed by atoms with Gasteiger partial charge in [0.1, 0.15) is 5.75 Å². The van der Waals surface area contributed by atoms with Gasteiger partial charge in [0.05, 0.1) is 13.2 Å². The quantitative estimate of drug-likeness (QED) is 0.878. The summed E-state index contributed by atoms with van der Waals surface area (Å²) in [6.07, 6.45) is 2.77. The molecule has 18 heavy (non-hydrogen) atoms. The van der Waals surface area contributed by atoms with Crippen LogP contribution in [-0.2, 0) is 13.5 Å². The van der Waals surface area contributed by atoms with Crippen molar-refractivity contribution in [2.75, 3.05) is 7.11 Å². The number of hydrogen-bond acceptors (Lipinski definition) is 3. The van der Waals surface area contributed by atoms with Crippen LogP contribution >= 0.6 is 0 Å². The molecule has 96 valence electrons. The van der Waals surface area contributed by atoms with Gasteiger partial charge < -0.3 is 9.84 Å². The molecule has 2 aromatic rings. The second-order valence-electron chi connectivity index (χ2n) is 4.28. The van der Waals surface area contributed by atoms with E-state index in [0.29, 0.717) is 6.42 Å². The third-order valence-corrected chi connectivity index (χ3v) is 3.07. The molecule has 0 aliphatic carbocycles. The molecule has 0 bridgehead atoms. The van der Waals surface area contributed by atoms with Crippen molar-refractivity contribution < 1.29 is 9.84 Å². The number of aliphatic hydroxyl groups excluding tert-OH is 1. The van der Waals surface area contributed by atoms with Crippen LogP contribution in [0.25, 0.3) is 0 Å². The zero-order valence-electron chi connectivity index (χ0n) is 10.7. The van der Waals surface area contributed by atoms with Gasteiger partial charge in [-0.2, -0.15) is 5.10 Å². The van der Waals surface area contributed by atoms with Crippen molar-refractivity contribution in [2.45, 2.75) is 18.9 Å². The lowest BCUT2D eigenvalue weighted by Crippen LogP contribution is -2.03. The van der Waals surface area contributed by atoms with E-state index < -0.39 is 6.10 Å². The molecule has 0 amide bonds. The topological polar surface area (TPSA) is 47.3 Å². The zero-order chi connectivity index (χ0) is 13.0. The summed E-state index contributed by atoms with van der Waals surface area (Å²) in [7, 11) is 3.54. The highest BCUT2D eigenvalue weighted by atomic mass is 16.5. The number of aliphatic hydroxyl groups is 1. The summed E-state index contributed by atoms with van der Waals surface area (Å²) in [6, 6.07) is 9.52.